The molecule has 0 aromatic rings. The van der Waals surface area contributed by atoms with Crippen LogP contribution in [0.25, 0.3) is 0 Å². The number of quaternary nitrogens is 1. The Morgan fingerprint density at radius 3 is 2.08 bits per heavy atom. The standard InChI is InChI=1S/C8H19N.NO3/c1-3-5-6-8(4-2)7-9;2-1(3)4/h8H,3-7,9H2,1-2H3;/q;-1/p+1. The van der Waals surface area contributed by atoms with Crippen LogP contribution in [0.5, 0.6) is 0 Å². The molecule has 0 rings (SSSR count). The van der Waals surface area contributed by atoms with Gasteiger partial charge in [-0.25, -0.2) is 0 Å². The topological polar surface area (TPSA) is 93.8 Å². The van der Waals surface area contributed by atoms with Gasteiger partial charge < -0.3 is 21.1 Å². The van der Waals surface area contributed by atoms with Gasteiger partial charge in [0.1, 0.15) is 0 Å². The van der Waals surface area contributed by atoms with E-state index in [2.05, 4.69) is 19.6 Å². The molecule has 0 saturated carbocycles. The first-order valence-electron chi connectivity index (χ1n) is 4.69. The summed E-state index contributed by atoms with van der Waals surface area (Å²) in [5.74, 6) is 0.893. The van der Waals surface area contributed by atoms with Crippen molar-refractivity contribution in [1.29, 1.82) is 0 Å². The fourth-order valence-corrected chi connectivity index (χ4v) is 1.05. The van der Waals surface area contributed by atoms with Crippen LogP contribution in [0.15, 0.2) is 0 Å². The molecule has 1 atom stereocenters. The second-order valence-electron chi connectivity index (χ2n) is 2.93. The molecule has 5 heteroatoms. The van der Waals surface area contributed by atoms with Crippen LogP contribution >= 0.6 is 0 Å². The molecule has 0 aliphatic rings. The number of unbranched alkanes of at least 4 members (excludes halogenated alkanes) is 1. The van der Waals surface area contributed by atoms with Gasteiger partial charge in [0.05, 0.1) is 11.6 Å². The summed E-state index contributed by atoms with van der Waals surface area (Å²) in [5.41, 5.74) is 3.91. The molecule has 80 valence electrons. The van der Waals surface area contributed by atoms with Gasteiger partial charge in [-0.05, 0) is 12.8 Å². The van der Waals surface area contributed by atoms with E-state index in [0.29, 0.717) is 0 Å². The van der Waals surface area contributed by atoms with Gasteiger partial charge in [-0.3, -0.25) is 0 Å². The van der Waals surface area contributed by atoms with Crippen molar-refractivity contribution < 1.29 is 10.8 Å². The van der Waals surface area contributed by atoms with Crippen molar-refractivity contribution in [2.45, 2.75) is 39.5 Å². The highest BCUT2D eigenvalue weighted by atomic mass is 16.9. The van der Waals surface area contributed by atoms with E-state index < -0.39 is 5.09 Å². The molecule has 5 nitrogen and oxygen atoms in total. The smallest absolute Gasteiger partial charge is 0.0768 e. The van der Waals surface area contributed by atoms with Crippen LogP contribution in [0.4, 0.5) is 0 Å². The van der Waals surface area contributed by atoms with E-state index in [1.54, 1.807) is 0 Å². The lowest BCUT2D eigenvalue weighted by Gasteiger charge is -2.07. The fourth-order valence-electron chi connectivity index (χ4n) is 1.05. The molecule has 0 amide bonds. The van der Waals surface area contributed by atoms with Gasteiger partial charge in [-0.2, -0.15) is 0 Å². The number of nitrogens with zero attached hydrogens (tertiary/aromatic N) is 1. The molecule has 1 unspecified atom stereocenters. The maximum atomic E-state index is 8.25. The van der Waals surface area contributed by atoms with Crippen LogP contribution in [-0.2, 0) is 0 Å². The molecular formula is C8H20N2O3. The Balaban J connectivity index is 0. The second-order valence-corrected chi connectivity index (χ2v) is 2.93. The summed E-state index contributed by atoms with van der Waals surface area (Å²) in [6.45, 7) is 5.62. The number of hydrogen-bond donors (Lipinski definition) is 1. The normalized spacial score (nSPS) is 11.3. The lowest BCUT2D eigenvalue weighted by Crippen LogP contribution is -2.53. The first-order valence-corrected chi connectivity index (χ1v) is 4.69. The molecule has 0 heterocycles. The van der Waals surface area contributed by atoms with Crippen LogP contribution < -0.4 is 5.73 Å². The SMILES string of the molecule is CCCCC(CC)C[NH3+].O=[N+]([O-])[O-]. The third-order valence-electron chi connectivity index (χ3n) is 1.95. The minimum absolute atomic E-state index is 0.893. The van der Waals surface area contributed by atoms with E-state index in [4.69, 9.17) is 15.3 Å². The predicted octanol–water partition coefficient (Wildman–Crippen LogP) is 1.21. The van der Waals surface area contributed by atoms with Crippen molar-refractivity contribution in [3.8, 4) is 0 Å². The van der Waals surface area contributed by atoms with E-state index in [1.807, 2.05) is 0 Å². The first-order chi connectivity index (χ1) is 6.08. The summed E-state index contributed by atoms with van der Waals surface area (Å²) >= 11 is 0. The maximum absolute atomic E-state index is 8.25. The van der Waals surface area contributed by atoms with E-state index >= 15 is 0 Å². The van der Waals surface area contributed by atoms with Gasteiger partial charge in [0, 0.05) is 5.92 Å². The summed E-state index contributed by atoms with van der Waals surface area (Å²) in [7, 11) is 0. The Morgan fingerprint density at radius 1 is 1.38 bits per heavy atom. The number of rotatable bonds is 5. The highest BCUT2D eigenvalue weighted by Crippen LogP contribution is 2.09. The Labute approximate surface area is 79.0 Å². The molecular weight excluding hydrogens is 172 g/mol. The van der Waals surface area contributed by atoms with E-state index in [-0.39, 0.29) is 0 Å². The Bertz CT molecular complexity index is 112. The molecule has 3 N–H and O–H groups in total. The molecule has 0 bridgehead atoms. The summed E-state index contributed by atoms with van der Waals surface area (Å²) in [6, 6.07) is 0. The summed E-state index contributed by atoms with van der Waals surface area (Å²) < 4.78 is 0. The average molecular weight is 192 g/mol. The average Bonchev–Trinajstić information content (AvgIpc) is 2.06. The molecule has 0 aromatic carbocycles. The minimum Gasteiger partial charge on any atom is -0.357 e. The lowest BCUT2D eigenvalue weighted by atomic mass is 10.00. The van der Waals surface area contributed by atoms with Crippen LogP contribution in [-0.4, -0.2) is 11.6 Å². The summed E-state index contributed by atoms with van der Waals surface area (Å²) in [6.07, 6.45) is 5.41. The molecule has 0 aromatic heterocycles. The summed E-state index contributed by atoms with van der Waals surface area (Å²) in [4.78, 5) is 8.25. The zero-order chi connectivity index (χ0) is 10.7. The molecule has 0 aliphatic carbocycles. The van der Waals surface area contributed by atoms with Crippen molar-refractivity contribution in [1.82, 2.24) is 0 Å². The van der Waals surface area contributed by atoms with Crippen molar-refractivity contribution in [3.63, 3.8) is 0 Å². The van der Waals surface area contributed by atoms with Gasteiger partial charge in [0.2, 0.25) is 0 Å². The highest BCUT2D eigenvalue weighted by molar-refractivity contribution is 4.52. The van der Waals surface area contributed by atoms with Gasteiger partial charge in [0.15, 0.2) is 0 Å². The molecule has 0 saturated heterocycles. The van der Waals surface area contributed by atoms with Gasteiger partial charge in [-0.1, -0.05) is 26.7 Å². The molecule has 0 spiro atoms. The maximum Gasteiger partial charge on any atom is 0.0768 e. The Hall–Kier alpha value is -0.840. The van der Waals surface area contributed by atoms with Crippen LogP contribution in [0, 0.1) is 21.2 Å². The molecule has 13 heavy (non-hydrogen) atoms. The number of hydrogen-bond acceptors (Lipinski definition) is 3. The quantitative estimate of drug-likeness (QED) is 0.524. The van der Waals surface area contributed by atoms with E-state index in [1.165, 1.54) is 25.7 Å². The van der Waals surface area contributed by atoms with Crippen LogP contribution in [0.1, 0.15) is 39.5 Å². The van der Waals surface area contributed by atoms with Crippen LogP contribution in [0.3, 0.4) is 0 Å². The van der Waals surface area contributed by atoms with Gasteiger partial charge in [0.25, 0.3) is 0 Å². The van der Waals surface area contributed by atoms with Gasteiger partial charge in [-0.15, -0.1) is 0 Å². The van der Waals surface area contributed by atoms with Crippen molar-refractivity contribution in [2.75, 3.05) is 6.54 Å². The van der Waals surface area contributed by atoms with Crippen molar-refractivity contribution in [2.24, 2.45) is 5.92 Å². The summed E-state index contributed by atoms with van der Waals surface area (Å²) in [5, 5.41) is 14.8. The second kappa shape index (κ2) is 11.2. The third kappa shape index (κ3) is 18.3. The van der Waals surface area contributed by atoms with Crippen molar-refractivity contribution >= 4 is 0 Å². The zero-order valence-electron chi connectivity index (χ0n) is 8.49. The first kappa shape index (κ1) is 14.7. The molecule has 0 fully saturated rings. The minimum atomic E-state index is -1.75. The van der Waals surface area contributed by atoms with Crippen LogP contribution in [0.2, 0.25) is 0 Å². The fraction of sp³-hybridized carbons (Fsp3) is 1.00. The lowest BCUT2D eigenvalue weighted by molar-refractivity contribution is -0.402. The van der Waals surface area contributed by atoms with E-state index in [9.17, 15) is 0 Å². The third-order valence-corrected chi connectivity index (χ3v) is 1.95. The zero-order valence-corrected chi connectivity index (χ0v) is 8.49. The van der Waals surface area contributed by atoms with Crippen molar-refractivity contribution in [3.05, 3.63) is 15.3 Å². The molecule has 0 radical (unpaired) electrons. The highest BCUT2D eigenvalue weighted by Gasteiger charge is 2.02. The Kier molecular flexibility index (Phi) is 12.6. The largest absolute Gasteiger partial charge is 0.357 e. The predicted molar refractivity (Wildman–Crippen MR) is 51.4 cm³/mol. The Morgan fingerprint density at radius 2 is 1.85 bits per heavy atom. The van der Waals surface area contributed by atoms with Gasteiger partial charge >= 0.3 is 0 Å². The monoisotopic (exact) mass is 192 g/mol. The molecule has 0 aliphatic heterocycles. The van der Waals surface area contributed by atoms with E-state index in [0.717, 1.165) is 12.5 Å².